The third-order valence-electron chi connectivity index (χ3n) is 6.61. The van der Waals surface area contributed by atoms with Crippen molar-refractivity contribution in [3.05, 3.63) is 28.8 Å². The van der Waals surface area contributed by atoms with Crippen LogP contribution in [0.15, 0.2) is 12.1 Å². The molecule has 2 heterocycles. The van der Waals surface area contributed by atoms with Crippen LogP contribution >= 0.6 is 0 Å². The number of carbonyl (C=O) groups is 2. The highest BCUT2D eigenvalue weighted by Gasteiger charge is 2.37. The fraction of sp³-hybridized carbons (Fsp3) is 0.692. The number of carbonyl (C=O) groups excluding carboxylic acids is 2. The second kappa shape index (κ2) is 11.8. The number of nitrogens with one attached hydrogen (secondary N) is 1. The van der Waals surface area contributed by atoms with Gasteiger partial charge in [0.05, 0.1) is 0 Å². The van der Waals surface area contributed by atoms with E-state index in [9.17, 15) is 9.59 Å². The molecule has 0 radical (unpaired) electrons. The molecular weight excluding hydrogens is 402 g/mol. The third kappa shape index (κ3) is 5.90. The van der Waals surface area contributed by atoms with Crippen molar-refractivity contribution in [3.8, 4) is 0 Å². The number of hydrogen-bond acceptors (Lipinski definition) is 4. The Morgan fingerprint density at radius 2 is 2.00 bits per heavy atom. The molecule has 0 saturated carbocycles. The molecule has 2 amide bonds. The molecule has 1 aromatic carbocycles. The first-order chi connectivity index (χ1) is 15.3. The molecule has 32 heavy (non-hydrogen) atoms. The molecule has 0 spiro atoms. The van der Waals surface area contributed by atoms with Crippen LogP contribution in [-0.2, 0) is 14.9 Å². The van der Waals surface area contributed by atoms with Crippen molar-refractivity contribution in [2.75, 3.05) is 45.3 Å². The van der Waals surface area contributed by atoms with Gasteiger partial charge in [-0.05, 0) is 56.3 Å². The predicted octanol–water partition coefficient (Wildman–Crippen LogP) is 4.29. The van der Waals surface area contributed by atoms with E-state index in [0.29, 0.717) is 25.1 Å². The number of benzene rings is 1. The molecule has 0 bridgehead atoms. The lowest BCUT2D eigenvalue weighted by Crippen LogP contribution is -2.47. The molecular formula is C26H43N3O3. The molecule has 2 aliphatic heterocycles. The van der Waals surface area contributed by atoms with Crippen molar-refractivity contribution in [1.82, 2.24) is 10.2 Å². The van der Waals surface area contributed by atoms with Gasteiger partial charge in [0.2, 0.25) is 5.91 Å². The summed E-state index contributed by atoms with van der Waals surface area (Å²) in [4.78, 5) is 30.1. The molecule has 0 unspecified atom stereocenters. The van der Waals surface area contributed by atoms with Gasteiger partial charge in [-0.3, -0.25) is 9.59 Å². The van der Waals surface area contributed by atoms with E-state index in [4.69, 9.17) is 4.74 Å². The molecule has 1 saturated heterocycles. The quantitative estimate of drug-likeness (QED) is 0.636. The van der Waals surface area contributed by atoms with E-state index in [-0.39, 0.29) is 23.3 Å². The summed E-state index contributed by atoms with van der Waals surface area (Å²) in [6.07, 6.45) is 4.39. The van der Waals surface area contributed by atoms with Crippen molar-refractivity contribution < 1.29 is 14.3 Å². The van der Waals surface area contributed by atoms with Gasteiger partial charge in [0.1, 0.15) is 0 Å². The van der Waals surface area contributed by atoms with Gasteiger partial charge in [-0.25, -0.2) is 0 Å². The van der Waals surface area contributed by atoms with Crippen LogP contribution < -0.4 is 10.2 Å². The van der Waals surface area contributed by atoms with E-state index >= 15 is 0 Å². The van der Waals surface area contributed by atoms with Crippen molar-refractivity contribution >= 4 is 17.5 Å². The van der Waals surface area contributed by atoms with Gasteiger partial charge in [-0.15, -0.1) is 0 Å². The molecule has 1 fully saturated rings. The van der Waals surface area contributed by atoms with Crippen molar-refractivity contribution in [3.63, 3.8) is 0 Å². The van der Waals surface area contributed by atoms with Gasteiger partial charge in [0, 0.05) is 63.0 Å². The van der Waals surface area contributed by atoms with Gasteiger partial charge in [0.25, 0.3) is 5.91 Å². The Hall–Kier alpha value is -1.92. The normalized spacial score (nSPS) is 19.7. The van der Waals surface area contributed by atoms with E-state index in [2.05, 4.69) is 25.2 Å². The lowest BCUT2D eigenvalue weighted by Gasteiger charge is -2.40. The van der Waals surface area contributed by atoms with Crippen LogP contribution in [0.1, 0.15) is 81.3 Å². The average molecular weight is 446 g/mol. The Morgan fingerprint density at radius 3 is 2.62 bits per heavy atom. The summed E-state index contributed by atoms with van der Waals surface area (Å²) in [5.74, 6) is 0.177. The maximum absolute atomic E-state index is 13.4. The van der Waals surface area contributed by atoms with Crippen LogP contribution in [0.25, 0.3) is 0 Å². The summed E-state index contributed by atoms with van der Waals surface area (Å²) in [6.45, 7) is 13.5. The van der Waals surface area contributed by atoms with Gasteiger partial charge in [0.15, 0.2) is 0 Å². The smallest absolute Gasteiger partial charge is 0.254 e. The Labute approximate surface area is 194 Å². The number of rotatable bonds is 7. The van der Waals surface area contributed by atoms with E-state index in [0.717, 1.165) is 55.6 Å². The van der Waals surface area contributed by atoms with Crippen LogP contribution in [-0.4, -0.2) is 63.2 Å². The number of hydrogen-bond donors (Lipinski definition) is 1. The largest absolute Gasteiger partial charge is 0.385 e. The summed E-state index contributed by atoms with van der Waals surface area (Å²) in [5.41, 5.74) is 3.51. The average Bonchev–Trinajstić information content (AvgIpc) is 2.79. The summed E-state index contributed by atoms with van der Waals surface area (Å²) < 4.78 is 5.15. The fourth-order valence-electron chi connectivity index (χ4n) is 4.68. The Bertz CT molecular complexity index is 785. The number of anilines is 1. The predicted molar refractivity (Wildman–Crippen MR) is 132 cm³/mol. The summed E-state index contributed by atoms with van der Waals surface area (Å²) >= 11 is 0. The number of fused-ring (bicyclic) bond motifs is 1. The van der Waals surface area contributed by atoms with E-state index in [1.807, 2.05) is 43.7 Å². The monoisotopic (exact) mass is 445 g/mol. The minimum atomic E-state index is -0.235. The van der Waals surface area contributed by atoms with Crippen LogP contribution in [0.3, 0.4) is 0 Å². The van der Waals surface area contributed by atoms with Gasteiger partial charge >= 0.3 is 0 Å². The van der Waals surface area contributed by atoms with E-state index < -0.39 is 0 Å². The fourth-order valence-corrected chi connectivity index (χ4v) is 4.68. The van der Waals surface area contributed by atoms with Crippen LogP contribution in [0.5, 0.6) is 0 Å². The van der Waals surface area contributed by atoms with Gasteiger partial charge in [-0.2, -0.15) is 0 Å². The number of amides is 2. The summed E-state index contributed by atoms with van der Waals surface area (Å²) in [7, 11) is 3.60. The number of nitrogens with zero attached hydrogens (tertiary/aromatic N) is 2. The standard InChI is InChI=1S/C24H37N3O3.C2H6/c1-17-13-20-21(14-19(17)23(29)26(4)18-9-8-10-25-16-18)27(11-6-7-12-30-5)22(28)15-24(20,2)3;1-2/h13-14,18,25H,6-12,15-16H2,1-5H3;1-2H3/t18-;/m1./s1. The number of aryl methyl sites for hydroxylation is 1. The molecule has 1 atom stereocenters. The van der Waals surface area contributed by atoms with Crippen LogP contribution in [0.4, 0.5) is 5.69 Å². The van der Waals surface area contributed by atoms with Crippen molar-refractivity contribution in [2.24, 2.45) is 0 Å². The third-order valence-corrected chi connectivity index (χ3v) is 6.61. The lowest BCUT2D eigenvalue weighted by atomic mass is 9.76. The molecule has 3 rings (SSSR count). The number of unbranched alkanes of at least 4 members (excludes halogenated alkanes) is 1. The van der Waals surface area contributed by atoms with Crippen molar-refractivity contribution in [1.29, 1.82) is 0 Å². The second-order valence-electron chi connectivity index (χ2n) is 9.41. The Kier molecular flexibility index (Phi) is 9.71. The highest BCUT2D eigenvalue weighted by Crippen LogP contribution is 2.42. The molecule has 1 aromatic rings. The molecule has 2 aliphatic rings. The molecule has 6 heteroatoms. The maximum Gasteiger partial charge on any atom is 0.254 e. The number of ether oxygens (including phenoxy) is 1. The maximum atomic E-state index is 13.4. The lowest BCUT2D eigenvalue weighted by molar-refractivity contribution is -0.120. The number of piperidine rings is 1. The molecule has 0 aliphatic carbocycles. The number of methoxy groups -OCH3 is 1. The molecule has 6 nitrogen and oxygen atoms in total. The topological polar surface area (TPSA) is 61.9 Å². The Morgan fingerprint density at radius 1 is 1.28 bits per heavy atom. The molecule has 1 N–H and O–H groups in total. The highest BCUT2D eigenvalue weighted by atomic mass is 16.5. The first kappa shape index (κ1) is 26.3. The zero-order chi connectivity index (χ0) is 23.9. The second-order valence-corrected chi connectivity index (χ2v) is 9.41. The highest BCUT2D eigenvalue weighted by molar-refractivity contribution is 6.02. The van der Waals surface area contributed by atoms with Gasteiger partial charge in [-0.1, -0.05) is 33.8 Å². The Balaban J connectivity index is 0.00000176. The van der Waals surface area contributed by atoms with Crippen LogP contribution in [0.2, 0.25) is 0 Å². The summed E-state index contributed by atoms with van der Waals surface area (Å²) in [5, 5.41) is 3.39. The first-order valence-electron chi connectivity index (χ1n) is 12.2. The zero-order valence-electron chi connectivity index (χ0n) is 21.2. The number of likely N-dealkylation sites (N-methyl/N-ethyl adjacent to an activating group) is 1. The summed E-state index contributed by atoms with van der Waals surface area (Å²) in [6, 6.07) is 4.31. The SMILES string of the molecule is CC.COCCCCN1C(=O)CC(C)(C)c2cc(C)c(C(=O)N(C)[C@@H]3CCCNC3)cc21. The minimum Gasteiger partial charge on any atom is -0.385 e. The van der Waals surface area contributed by atoms with Gasteiger partial charge < -0.3 is 19.9 Å². The minimum absolute atomic E-state index is 0.0409. The van der Waals surface area contributed by atoms with Crippen molar-refractivity contribution in [2.45, 2.75) is 78.2 Å². The van der Waals surface area contributed by atoms with E-state index in [1.54, 1.807) is 7.11 Å². The van der Waals surface area contributed by atoms with Crippen LogP contribution in [0, 0.1) is 6.92 Å². The first-order valence-corrected chi connectivity index (χ1v) is 12.2. The molecule has 0 aromatic heterocycles. The zero-order valence-corrected chi connectivity index (χ0v) is 21.2. The molecule has 180 valence electrons. The van der Waals surface area contributed by atoms with E-state index in [1.165, 1.54) is 0 Å².